The molecule has 4 nitrogen and oxygen atoms in total. The van der Waals surface area contributed by atoms with Gasteiger partial charge in [-0.1, -0.05) is 20.8 Å². The molecule has 0 aliphatic rings. The number of hydrogen-bond acceptors (Lipinski definition) is 4. The Bertz CT molecular complexity index is 372. The Balaban J connectivity index is 0. The Kier molecular flexibility index (Phi) is 13.6. The maximum absolute atomic E-state index is 11.8. The lowest BCUT2D eigenvalue weighted by Gasteiger charge is -2.04. The summed E-state index contributed by atoms with van der Waals surface area (Å²) in [5.74, 6) is 0.504. The van der Waals surface area contributed by atoms with Gasteiger partial charge in [0.15, 0.2) is 0 Å². The largest absolute Gasteiger partial charge is 0.349 e. The maximum atomic E-state index is 11.8. The van der Waals surface area contributed by atoms with Gasteiger partial charge in [-0.2, -0.15) is 0 Å². The first-order chi connectivity index (χ1) is 8.63. The van der Waals surface area contributed by atoms with Crippen LogP contribution in [-0.2, 0) is 6.42 Å². The van der Waals surface area contributed by atoms with Gasteiger partial charge in [-0.3, -0.25) is 4.79 Å². The molecule has 1 amide bonds. The van der Waals surface area contributed by atoms with Crippen LogP contribution in [-0.4, -0.2) is 30.5 Å². The fraction of sp³-hybridized carbons (Fsp3) is 0.692. The molecule has 1 heterocycles. The van der Waals surface area contributed by atoms with Gasteiger partial charge in [-0.15, -0.1) is 36.2 Å². The molecule has 0 bridgehead atoms. The van der Waals surface area contributed by atoms with Crippen molar-refractivity contribution in [3.8, 4) is 0 Å². The minimum Gasteiger partial charge on any atom is -0.349 e. The summed E-state index contributed by atoms with van der Waals surface area (Å²) in [4.78, 5) is 16.1. The Labute approximate surface area is 138 Å². The number of hydrogen-bond donors (Lipinski definition) is 2. The van der Waals surface area contributed by atoms with Gasteiger partial charge >= 0.3 is 0 Å². The van der Waals surface area contributed by atoms with Crippen molar-refractivity contribution in [2.24, 2.45) is 5.92 Å². The van der Waals surface area contributed by atoms with E-state index in [1.807, 2.05) is 5.38 Å². The highest BCUT2D eigenvalue weighted by Gasteiger charge is 2.10. The molecule has 118 valence electrons. The third-order valence-electron chi connectivity index (χ3n) is 2.38. The predicted molar refractivity (Wildman–Crippen MR) is 90.6 cm³/mol. The van der Waals surface area contributed by atoms with Crippen molar-refractivity contribution >= 4 is 42.1 Å². The third-order valence-corrected chi connectivity index (χ3v) is 3.25. The maximum Gasteiger partial charge on any atom is 0.270 e. The van der Waals surface area contributed by atoms with E-state index in [4.69, 9.17) is 0 Å². The summed E-state index contributed by atoms with van der Waals surface area (Å²) in [6.07, 6.45) is 2.05. The van der Waals surface area contributed by atoms with E-state index in [0.717, 1.165) is 30.9 Å². The number of nitrogens with one attached hydrogen (secondary N) is 2. The molecule has 0 aliphatic carbocycles. The molecule has 2 N–H and O–H groups in total. The van der Waals surface area contributed by atoms with Gasteiger partial charge in [0.25, 0.3) is 5.91 Å². The van der Waals surface area contributed by atoms with Crippen molar-refractivity contribution in [3.63, 3.8) is 0 Å². The summed E-state index contributed by atoms with van der Waals surface area (Å²) >= 11 is 1.57. The second-order valence-electron chi connectivity index (χ2n) is 4.73. The topological polar surface area (TPSA) is 54.0 Å². The quantitative estimate of drug-likeness (QED) is 0.714. The molecule has 0 aliphatic heterocycles. The number of aromatic nitrogens is 1. The molecular weight excluding hydrogens is 317 g/mol. The summed E-state index contributed by atoms with van der Waals surface area (Å²) in [6.45, 7) is 8.88. The molecule has 0 atom stereocenters. The number of carbonyl (C=O) groups is 1. The van der Waals surface area contributed by atoms with Crippen LogP contribution in [0.5, 0.6) is 0 Å². The Hall–Kier alpha value is -0.360. The van der Waals surface area contributed by atoms with Gasteiger partial charge in [0.05, 0.1) is 5.01 Å². The van der Waals surface area contributed by atoms with Gasteiger partial charge in [-0.05, 0) is 18.9 Å². The van der Waals surface area contributed by atoms with Crippen LogP contribution >= 0.6 is 36.2 Å². The van der Waals surface area contributed by atoms with Crippen molar-refractivity contribution in [1.29, 1.82) is 0 Å². The van der Waals surface area contributed by atoms with E-state index in [0.29, 0.717) is 18.2 Å². The van der Waals surface area contributed by atoms with Crippen LogP contribution in [0, 0.1) is 5.92 Å². The number of nitrogens with zero attached hydrogens (tertiary/aromatic N) is 1. The molecular formula is C13H25Cl2N3OS. The average Bonchev–Trinajstić information content (AvgIpc) is 2.76. The minimum atomic E-state index is -0.0699. The van der Waals surface area contributed by atoms with Crippen molar-refractivity contribution < 1.29 is 4.79 Å². The smallest absolute Gasteiger partial charge is 0.270 e. The number of rotatable bonds is 8. The average molecular weight is 342 g/mol. The van der Waals surface area contributed by atoms with Crippen molar-refractivity contribution in [3.05, 3.63) is 16.1 Å². The number of halogens is 2. The zero-order valence-electron chi connectivity index (χ0n) is 12.3. The molecule has 0 fully saturated rings. The molecule has 0 saturated heterocycles. The van der Waals surface area contributed by atoms with Crippen molar-refractivity contribution in [2.75, 3.05) is 19.6 Å². The van der Waals surface area contributed by atoms with E-state index in [9.17, 15) is 4.79 Å². The molecule has 0 aromatic carbocycles. The SMILES string of the molecule is CCCNCCNC(=O)c1csc(CC(C)C)n1.Cl.Cl. The van der Waals surface area contributed by atoms with Crippen molar-refractivity contribution in [2.45, 2.75) is 33.6 Å². The van der Waals surface area contributed by atoms with Gasteiger partial charge in [0.1, 0.15) is 5.69 Å². The zero-order valence-corrected chi connectivity index (χ0v) is 14.7. The second-order valence-corrected chi connectivity index (χ2v) is 5.67. The molecule has 1 aromatic rings. The molecule has 7 heteroatoms. The Morgan fingerprint density at radius 1 is 1.30 bits per heavy atom. The summed E-state index contributed by atoms with van der Waals surface area (Å²) in [5.41, 5.74) is 0.547. The molecule has 0 spiro atoms. The first-order valence-corrected chi connectivity index (χ1v) is 7.44. The summed E-state index contributed by atoms with van der Waals surface area (Å²) in [7, 11) is 0. The monoisotopic (exact) mass is 341 g/mol. The lowest BCUT2D eigenvalue weighted by Crippen LogP contribution is -2.32. The fourth-order valence-electron chi connectivity index (χ4n) is 1.51. The molecule has 1 rings (SSSR count). The highest BCUT2D eigenvalue weighted by Crippen LogP contribution is 2.13. The van der Waals surface area contributed by atoms with E-state index in [1.54, 1.807) is 11.3 Å². The van der Waals surface area contributed by atoms with E-state index >= 15 is 0 Å². The van der Waals surface area contributed by atoms with Crippen LogP contribution in [0.25, 0.3) is 0 Å². The standard InChI is InChI=1S/C13H23N3OS.2ClH/c1-4-5-14-6-7-15-13(17)11-9-18-12(16-11)8-10(2)3;;/h9-10,14H,4-8H2,1-3H3,(H,15,17);2*1H. The highest BCUT2D eigenvalue weighted by molar-refractivity contribution is 7.09. The molecule has 20 heavy (non-hydrogen) atoms. The van der Waals surface area contributed by atoms with Crippen LogP contribution in [0.3, 0.4) is 0 Å². The lowest BCUT2D eigenvalue weighted by molar-refractivity contribution is 0.0949. The number of carbonyl (C=O) groups excluding carboxylic acids is 1. The van der Waals surface area contributed by atoms with Crippen LogP contribution in [0.15, 0.2) is 5.38 Å². The fourth-order valence-corrected chi connectivity index (χ4v) is 2.50. The first-order valence-electron chi connectivity index (χ1n) is 6.56. The summed E-state index contributed by atoms with van der Waals surface area (Å²) in [5, 5.41) is 8.99. The molecule has 1 aromatic heterocycles. The van der Waals surface area contributed by atoms with Crippen molar-refractivity contribution in [1.82, 2.24) is 15.6 Å². The highest BCUT2D eigenvalue weighted by atomic mass is 35.5. The third kappa shape index (κ3) is 8.74. The van der Waals surface area contributed by atoms with Crippen LogP contribution < -0.4 is 10.6 Å². The van der Waals surface area contributed by atoms with Gasteiger partial charge < -0.3 is 10.6 Å². The van der Waals surface area contributed by atoms with Gasteiger partial charge in [-0.25, -0.2) is 4.98 Å². The summed E-state index contributed by atoms with van der Waals surface area (Å²) in [6, 6.07) is 0. The molecule has 0 radical (unpaired) electrons. The normalized spacial score (nSPS) is 9.80. The van der Waals surface area contributed by atoms with Crippen LogP contribution in [0.2, 0.25) is 0 Å². The lowest BCUT2D eigenvalue weighted by atomic mass is 10.1. The van der Waals surface area contributed by atoms with E-state index in [2.05, 4.69) is 36.4 Å². The minimum absolute atomic E-state index is 0. The Morgan fingerprint density at radius 3 is 2.60 bits per heavy atom. The van der Waals surface area contributed by atoms with Crippen LogP contribution in [0.4, 0.5) is 0 Å². The van der Waals surface area contributed by atoms with E-state index in [-0.39, 0.29) is 30.7 Å². The Morgan fingerprint density at radius 2 is 2.00 bits per heavy atom. The molecule has 0 unspecified atom stereocenters. The zero-order chi connectivity index (χ0) is 13.4. The number of amides is 1. The second kappa shape index (κ2) is 12.4. The first kappa shape index (κ1) is 21.9. The predicted octanol–water partition coefficient (Wildman–Crippen LogP) is 2.91. The number of thiazole rings is 1. The van der Waals surface area contributed by atoms with Gasteiger partial charge in [0, 0.05) is 24.9 Å². The molecule has 0 saturated carbocycles. The van der Waals surface area contributed by atoms with E-state index < -0.39 is 0 Å². The van der Waals surface area contributed by atoms with Gasteiger partial charge in [0.2, 0.25) is 0 Å². The summed E-state index contributed by atoms with van der Waals surface area (Å²) < 4.78 is 0. The van der Waals surface area contributed by atoms with E-state index in [1.165, 1.54) is 0 Å². The van der Waals surface area contributed by atoms with Crippen LogP contribution in [0.1, 0.15) is 42.7 Å².